The summed E-state index contributed by atoms with van der Waals surface area (Å²) in [7, 11) is 4.07. The number of benzene rings is 3. The predicted molar refractivity (Wildman–Crippen MR) is 107 cm³/mol. The second kappa shape index (κ2) is 5.70. The van der Waals surface area contributed by atoms with Crippen LogP contribution < -0.4 is 19.6 Å². The Morgan fingerprint density at radius 3 is 1.35 bits per heavy atom. The van der Waals surface area contributed by atoms with Gasteiger partial charge in [0.2, 0.25) is 13.3 Å². The number of nitrogens with zero attached hydrogens (tertiary/aromatic N) is 4. The first kappa shape index (κ1) is 15.1. The van der Waals surface area contributed by atoms with Crippen LogP contribution in [0.2, 0.25) is 0 Å². The summed E-state index contributed by atoms with van der Waals surface area (Å²) in [6.45, 7) is 6.83. The molecule has 0 atom stereocenters. The summed E-state index contributed by atoms with van der Waals surface area (Å²) in [5.41, 5.74) is 6.71. The van der Waals surface area contributed by atoms with Gasteiger partial charge in [0.15, 0.2) is 0 Å². The van der Waals surface area contributed by atoms with Crippen molar-refractivity contribution in [1.82, 2.24) is 0 Å². The Kier molecular flexibility index (Phi) is 3.32. The van der Waals surface area contributed by atoms with Crippen LogP contribution in [0.15, 0.2) is 72.8 Å². The molecule has 4 nitrogen and oxygen atoms in total. The highest BCUT2D eigenvalue weighted by Gasteiger charge is 2.33. The third kappa shape index (κ3) is 2.22. The normalized spacial score (nSPS) is 15.5. The maximum atomic E-state index is 3.42. The summed E-state index contributed by atoms with van der Waals surface area (Å²) >= 11 is 0. The molecule has 0 aromatic heterocycles. The van der Waals surface area contributed by atoms with Crippen LogP contribution >= 0.6 is 0 Å². The van der Waals surface area contributed by atoms with E-state index in [2.05, 4.69) is 59.5 Å². The van der Waals surface area contributed by atoms with E-state index in [0.29, 0.717) is 0 Å². The van der Waals surface area contributed by atoms with Crippen molar-refractivity contribution in [3.05, 3.63) is 86.1 Å². The van der Waals surface area contributed by atoms with Crippen LogP contribution in [0.5, 0.6) is 0 Å². The van der Waals surface area contributed by atoms with Crippen LogP contribution in [-0.4, -0.2) is 14.1 Å². The van der Waals surface area contributed by atoms with E-state index in [9.17, 15) is 0 Å². The molecule has 5 rings (SSSR count). The maximum Gasteiger partial charge on any atom is 0.213 e. The second-order valence-electron chi connectivity index (χ2n) is 6.49. The Labute approximate surface area is 154 Å². The van der Waals surface area contributed by atoms with E-state index >= 15 is 0 Å². The fourth-order valence-electron chi connectivity index (χ4n) is 3.51. The molecule has 4 heteroatoms. The molecule has 0 N–H and O–H groups in total. The van der Waals surface area contributed by atoms with Crippen molar-refractivity contribution in [2.24, 2.45) is 0 Å². The molecule has 0 saturated heterocycles. The Morgan fingerprint density at radius 2 is 0.923 bits per heavy atom. The Balaban J connectivity index is 1.64. The molecule has 0 spiro atoms. The maximum absolute atomic E-state index is 3.42. The molecule has 2 aliphatic heterocycles. The van der Waals surface area contributed by atoms with Crippen LogP contribution in [-0.2, 0) is 0 Å². The van der Waals surface area contributed by atoms with E-state index in [1.807, 2.05) is 60.3 Å². The van der Waals surface area contributed by atoms with E-state index in [-0.39, 0.29) is 0 Å². The van der Waals surface area contributed by atoms with Gasteiger partial charge in [-0.25, -0.2) is 0 Å². The minimum Gasteiger partial charge on any atom is -0.342 e. The van der Waals surface area contributed by atoms with Gasteiger partial charge in [-0.05, 0) is 36.4 Å². The lowest BCUT2D eigenvalue weighted by Gasteiger charge is -2.20. The second-order valence-corrected chi connectivity index (χ2v) is 6.49. The summed E-state index contributed by atoms with van der Waals surface area (Å²) < 4.78 is 0. The first-order valence-electron chi connectivity index (χ1n) is 8.61. The Morgan fingerprint density at radius 1 is 0.538 bits per heavy atom. The van der Waals surface area contributed by atoms with Gasteiger partial charge in [-0.15, -0.1) is 0 Å². The molecule has 3 aromatic rings. The lowest BCUT2D eigenvalue weighted by molar-refractivity contribution is 1.07. The average molecular weight is 338 g/mol. The molecule has 0 amide bonds. The van der Waals surface area contributed by atoms with Crippen molar-refractivity contribution < 1.29 is 0 Å². The molecule has 0 fully saturated rings. The highest BCUT2D eigenvalue weighted by Crippen LogP contribution is 2.51. The van der Waals surface area contributed by atoms with Crippen molar-refractivity contribution >= 4 is 34.1 Å². The average Bonchev–Trinajstić information content (AvgIpc) is 3.19. The van der Waals surface area contributed by atoms with Crippen LogP contribution in [0.3, 0.4) is 0 Å². The van der Waals surface area contributed by atoms with Gasteiger partial charge in [0, 0.05) is 25.5 Å². The first-order chi connectivity index (χ1) is 12.7. The van der Waals surface area contributed by atoms with Gasteiger partial charge in [0.1, 0.15) is 0 Å². The number of anilines is 6. The van der Waals surface area contributed by atoms with Crippen molar-refractivity contribution in [2.45, 2.75) is 0 Å². The SMILES string of the molecule is CN1[C]N(c2ccccc2)c2cc3c(cc21)N(C)[C]N3c1ccccc1. The number of para-hydroxylation sites is 2. The van der Waals surface area contributed by atoms with Crippen LogP contribution in [0.4, 0.5) is 34.1 Å². The predicted octanol–water partition coefficient (Wildman–Crippen LogP) is 4.85. The fourth-order valence-corrected chi connectivity index (χ4v) is 3.51. The zero-order valence-corrected chi connectivity index (χ0v) is 14.7. The topological polar surface area (TPSA) is 13.0 Å². The van der Waals surface area contributed by atoms with Gasteiger partial charge < -0.3 is 19.6 Å². The third-order valence-electron chi connectivity index (χ3n) is 4.81. The van der Waals surface area contributed by atoms with Crippen molar-refractivity contribution in [3.63, 3.8) is 0 Å². The lowest BCUT2D eigenvalue weighted by atomic mass is 10.1. The first-order valence-corrected chi connectivity index (χ1v) is 8.61. The van der Waals surface area contributed by atoms with Gasteiger partial charge in [-0.3, -0.25) is 0 Å². The number of hydrogen-bond acceptors (Lipinski definition) is 4. The summed E-state index contributed by atoms with van der Waals surface area (Å²) in [6, 6.07) is 25.1. The fraction of sp³-hybridized carbons (Fsp3) is 0.0909. The molecule has 26 heavy (non-hydrogen) atoms. The van der Waals surface area contributed by atoms with Gasteiger partial charge in [0.05, 0.1) is 22.7 Å². The molecule has 0 aliphatic carbocycles. The molecule has 3 aromatic carbocycles. The Bertz CT molecular complexity index is 864. The summed E-state index contributed by atoms with van der Waals surface area (Å²) in [5.74, 6) is 0. The number of hydrogen-bond donors (Lipinski definition) is 0. The van der Waals surface area contributed by atoms with Gasteiger partial charge in [-0.2, -0.15) is 0 Å². The van der Waals surface area contributed by atoms with Gasteiger partial charge >= 0.3 is 0 Å². The number of fused-ring (bicyclic) bond motifs is 2. The largest absolute Gasteiger partial charge is 0.342 e. The molecule has 0 unspecified atom stereocenters. The molecule has 2 heterocycles. The number of rotatable bonds is 2. The van der Waals surface area contributed by atoms with E-state index in [0.717, 1.165) is 34.1 Å². The van der Waals surface area contributed by atoms with Crippen molar-refractivity contribution in [2.75, 3.05) is 33.7 Å². The van der Waals surface area contributed by atoms with E-state index in [4.69, 9.17) is 0 Å². The molecular formula is C22H18N4. The molecule has 126 valence electrons. The van der Waals surface area contributed by atoms with Gasteiger partial charge in [-0.1, -0.05) is 36.4 Å². The van der Waals surface area contributed by atoms with E-state index in [1.165, 1.54) is 0 Å². The third-order valence-corrected chi connectivity index (χ3v) is 4.81. The highest BCUT2D eigenvalue weighted by atomic mass is 15.4. The summed E-state index contributed by atoms with van der Waals surface area (Å²) in [4.78, 5) is 8.30. The molecule has 0 saturated carbocycles. The Hall–Kier alpha value is -3.14. The summed E-state index contributed by atoms with van der Waals surface area (Å²) in [5, 5.41) is 0. The minimum absolute atomic E-state index is 1.10. The van der Waals surface area contributed by atoms with Crippen LogP contribution in [0, 0.1) is 13.3 Å². The minimum atomic E-state index is 1.10. The zero-order valence-electron chi connectivity index (χ0n) is 14.7. The van der Waals surface area contributed by atoms with E-state index < -0.39 is 0 Å². The van der Waals surface area contributed by atoms with Crippen molar-refractivity contribution in [1.29, 1.82) is 0 Å². The molecule has 2 aliphatic rings. The van der Waals surface area contributed by atoms with Crippen LogP contribution in [0.1, 0.15) is 0 Å². The zero-order chi connectivity index (χ0) is 17.7. The lowest BCUT2D eigenvalue weighted by Crippen LogP contribution is -2.18. The quantitative estimate of drug-likeness (QED) is 0.662. The standard InChI is InChI=1S/C22H18N4/c1-23-15-25(17-9-5-3-6-10-17)21-14-22-20(13-19(21)23)24(2)16-26(22)18-11-7-4-8-12-18/h3-14H,1-2H3. The van der Waals surface area contributed by atoms with Crippen molar-refractivity contribution in [3.8, 4) is 0 Å². The van der Waals surface area contributed by atoms with Gasteiger partial charge in [0.25, 0.3) is 0 Å². The smallest absolute Gasteiger partial charge is 0.213 e. The van der Waals surface area contributed by atoms with Crippen LogP contribution in [0.25, 0.3) is 0 Å². The highest BCUT2D eigenvalue weighted by molar-refractivity contribution is 5.96. The monoisotopic (exact) mass is 338 g/mol. The molecule has 4 radical (unpaired) electrons. The summed E-state index contributed by atoms with van der Waals surface area (Å²) in [6.07, 6.45) is 0. The van der Waals surface area contributed by atoms with E-state index in [1.54, 1.807) is 0 Å². The molecule has 0 bridgehead atoms. The molecular weight excluding hydrogens is 320 g/mol.